The van der Waals surface area contributed by atoms with Crippen LogP contribution in [-0.2, 0) is 4.79 Å². The third kappa shape index (κ3) is 4.76. The molecule has 1 atom stereocenters. The Morgan fingerprint density at radius 2 is 1.65 bits per heavy atom. The Bertz CT molecular complexity index is 653. The Morgan fingerprint density at radius 3 is 2.26 bits per heavy atom. The SMILES string of the molecule is CSc1ccccc1NC(=O)[C@@H](C)Nc1ccc(C(C)C)cc1. The molecule has 23 heavy (non-hydrogen) atoms. The first-order valence-corrected chi connectivity index (χ1v) is 9.04. The van der Waals surface area contributed by atoms with Crippen LogP contribution >= 0.6 is 11.8 Å². The predicted molar refractivity (Wildman–Crippen MR) is 100 cm³/mol. The van der Waals surface area contributed by atoms with Crippen LogP contribution < -0.4 is 10.6 Å². The van der Waals surface area contributed by atoms with Gasteiger partial charge in [-0.05, 0) is 48.9 Å². The Balaban J connectivity index is 1.99. The Morgan fingerprint density at radius 1 is 1.00 bits per heavy atom. The lowest BCUT2D eigenvalue weighted by atomic mass is 10.0. The molecule has 0 bridgehead atoms. The van der Waals surface area contributed by atoms with Gasteiger partial charge in [0.05, 0.1) is 5.69 Å². The molecule has 2 aromatic carbocycles. The van der Waals surface area contributed by atoms with E-state index >= 15 is 0 Å². The zero-order chi connectivity index (χ0) is 16.8. The fraction of sp³-hybridized carbons (Fsp3) is 0.316. The van der Waals surface area contributed by atoms with E-state index in [0.29, 0.717) is 5.92 Å². The molecule has 4 heteroatoms. The van der Waals surface area contributed by atoms with E-state index in [0.717, 1.165) is 16.3 Å². The van der Waals surface area contributed by atoms with E-state index in [2.05, 4.69) is 36.6 Å². The summed E-state index contributed by atoms with van der Waals surface area (Å²) in [5, 5.41) is 6.24. The minimum Gasteiger partial charge on any atom is -0.374 e. The van der Waals surface area contributed by atoms with Crippen LogP contribution in [0.5, 0.6) is 0 Å². The number of hydrogen-bond acceptors (Lipinski definition) is 3. The summed E-state index contributed by atoms with van der Waals surface area (Å²) in [7, 11) is 0. The molecule has 0 aliphatic carbocycles. The van der Waals surface area contributed by atoms with E-state index in [1.54, 1.807) is 11.8 Å². The van der Waals surface area contributed by atoms with Crippen molar-refractivity contribution in [2.45, 2.75) is 37.6 Å². The molecule has 3 nitrogen and oxygen atoms in total. The molecule has 0 saturated carbocycles. The fourth-order valence-electron chi connectivity index (χ4n) is 2.27. The van der Waals surface area contributed by atoms with E-state index in [1.807, 2.05) is 49.6 Å². The summed E-state index contributed by atoms with van der Waals surface area (Å²) in [6, 6.07) is 15.8. The highest BCUT2D eigenvalue weighted by Gasteiger charge is 2.14. The van der Waals surface area contributed by atoms with Gasteiger partial charge in [-0.15, -0.1) is 11.8 Å². The topological polar surface area (TPSA) is 41.1 Å². The van der Waals surface area contributed by atoms with Gasteiger partial charge in [0.1, 0.15) is 6.04 Å². The summed E-state index contributed by atoms with van der Waals surface area (Å²) in [6.45, 7) is 6.21. The summed E-state index contributed by atoms with van der Waals surface area (Å²) in [5.41, 5.74) is 3.10. The second-order valence-corrected chi connectivity index (χ2v) is 6.68. The Labute approximate surface area is 142 Å². The molecule has 1 amide bonds. The lowest BCUT2D eigenvalue weighted by Gasteiger charge is -2.17. The molecule has 0 saturated heterocycles. The lowest BCUT2D eigenvalue weighted by Crippen LogP contribution is -2.32. The summed E-state index contributed by atoms with van der Waals surface area (Å²) < 4.78 is 0. The monoisotopic (exact) mass is 328 g/mol. The number of anilines is 2. The smallest absolute Gasteiger partial charge is 0.246 e. The fourth-order valence-corrected chi connectivity index (χ4v) is 2.82. The van der Waals surface area contributed by atoms with Crippen molar-refractivity contribution in [2.75, 3.05) is 16.9 Å². The average Bonchev–Trinajstić information content (AvgIpc) is 2.55. The third-order valence-corrected chi connectivity index (χ3v) is 4.51. The van der Waals surface area contributed by atoms with Crippen LogP contribution in [0.1, 0.15) is 32.3 Å². The highest BCUT2D eigenvalue weighted by Crippen LogP contribution is 2.25. The minimum atomic E-state index is -0.310. The van der Waals surface area contributed by atoms with Crippen LogP contribution in [0.2, 0.25) is 0 Å². The van der Waals surface area contributed by atoms with Crippen molar-refractivity contribution in [1.82, 2.24) is 0 Å². The summed E-state index contributed by atoms with van der Waals surface area (Å²) >= 11 is 1.62. The molecule has 2 rings (SSSR count). The maximum atomic E-state index is 12.4. The number of rotatable bonds is 6. The molecule has 122 valence electrons. The van der Waals surface area contributed by atoms with Crippen LogP contribution in [0.3, 0.4) is 0 Å². The molecule has 2 aromatic rings. The summed E-state index contributed by atoms with van der Waals surface area (Å²) in [5.74, 6) is 0.465. The van der Waals surface area contributed by atoms with Gasteiger partial charge in [-0.3, -0.25) is 4.79 Å². The zero-order valence-corrected chi connectivity index (χ0v) is 14.9. The standard InChI is InChI=1S/C19H24N2OS/c1-13(2)15-9-11-16(12-10-15)20-14(3)19(22)21-17-7-5-6-8-18(17)23-4/h5-14,20H,1-4H3,(H,21,22)/t14-/m1/s1. The van der Waals surface area contributed by atoms with Gasteiger partial charge in [0, 0.05) is 10.6 Å². The van der Waals surface area contributed by atoms with Crippen molar-refractivity contribution < 1.29 is 4.79 Å². The number of amides is 1. The van der Waals surface area contributed by atoms with Gasteiger partial charge < -0.3 is 10.6 Å². The number of benzene rings is 2. The van der Waals surface area contributed by atoms with E-state index in [-0.39, 0.29) is 11.9 Å². The van der Waals surface area contributed by atoms with Crippen LogP contribution in [0.25, 0.3) is 0 Å². The normalized spacial score (nSPS) is 12.0. The van der Waals surface area contributed by atoms with Crippen molar-refractivity contribution in [3.05, 3.63) is 54.1 Å². The Hall–Kier alpha value is -1.94. The third-order valence-electron chi connectivity index (χ3n) is 3.72. The van der Waals surface area contributed by atoms with Crippen LogP contribution in [0.4, 0.5) is 11.4 Å². The molecule has 0 radical (unpaired) electrons. The number of carbonyl (C=O) groups is 1. The van der Waals surface area contributed by atoms with E-state index in [4.69, 9.17) is 0 Å². The van der Waals surface area contributed by atoms with Crippen LogP contribution in [0, 0.1) is 0 Å². The van der Waals surface area contributed by atoms with Gasteiger partial charge in [-0.25, -0.2) is 0 Å². The molecule has 0 spiro atoms. The number of carbonyl (C=O) groups excluding carboxylic acids is 1. The number of nitrogens with one attached hydrogen (secondary N) is 2. The van der Waals surface area contributed by atoms with E-state index < -0.39 is 0 Å². The molecule has 0 aliphatic heterocycles. The number of para-hydroxylation sites is 1. The molecule has 2 N–H and O–H groups in total. The van der Waals surface area contributed by atoms with Crippen LogP contribution in [-0.4, -0.2) is 18.2 Å². The molecule has 0 aliphatic rings. The minimum absolute atomic E-state index is 0.0422. The van der Waals surface area contributed by atoms with Crippen molar-refractivity contribution in [3.63, 3.8) is 0 Å². The largest absolute Gasteiger partial charge is 0.374 e. The summed E-state index contributed by atoms with van der Waals surface area (Å²) in [6.07, 6.45) is 2.00. The average molecular weight is 328 g/mol. The van der Waals surface area contributed by atoms with Gasteiger partial charge in [-0.1, -0.05) is 38.1 Å². The predicted octanol–water partition coefficient (Wildman–Crippen LogP) is 4.97. The number of thioether (sulfide) groups is 1. The zero-order valence-electron chi connectivity index (χ0n) is 14.1. The first-order chi connectivity index (χ1) is 11.0. The maximum Gasteiger partial charge on any atom is 0.246 e. The quantitative estimate of drug-likeness (QED) is 0.736. The van der Waals surface area contributed by atoms with E-state index in [9.17, 15) is 4.79 Å². The van der Waals surface area contributed by atoms with Crippen molar-refractivity contribution >= 4 is 29.0 Å². The first kappa shape index (κ1) is 17.4. The molecule has 0 unspecified atom stereocenters. The van der Waals surface area contributed by atoms with Crippen molar-refractivity contribution in [2.24, 2.45) is 0 Å². The molecular weight excluding hydrogens is 304 g/mol. The van der Waals surface area contributed by atoms with Crippen molar-refractivity contribution in [3.8, 4) is 0 Å². The van der Waals surface area contributed by atoms with Crippen molar-refractivity contribution in [1.29, 1.82) is 0 Å². The van der Waals surface area contributed by atoms with Gasteiger partial charge in [-0.2, -0.15) is 0 Å². The number of hydrogen-bond donors (Lipinski definition) is 2. The van der Waals surface area contributed by atoms with Gasteiger partial charge in [0.2, 0.25) is 5.91 Å². The molecular formula is C19H24N2OS. The lowest BCUT2D eigenvalue weighted by molar-refractivity contribution is -0.116. The Kier molecular flexibility index (Phi) is 6.11. The first-order valence-electron chi connectivity index (χ1n) is 7.81. The van der Waals surface area contributed by atoms with Gasteiger partial charge in [0.15, 0.2) is 0 Å². The van der Waals surface area contributed by atoms with Gasteiger partial charge >= 0.3 is 0 Å². The van der Waals surface area contributed by atoms with Crippen LogP contribution in [0.15, 0.2) is 53.4 Å². The van der Waals surface area contributed by atoms with Gasteiger partial charge in [0.25, 0.3) is 0 Å². The highest BCUT2D eigenvalue weighted by molar-refractivity contribution is 7.98. The second-order valence-electron chi connectivity index (χ2n) is 5.83. The molecule has 0 heterocycles. The molecule has 0 fully saturated rings. The molecule has 0 aromatic heterocycles. The van der Waals surface area contributed by atoms with E-state index in [1.165, 1.54) is 5.56 Å². The highest BCUT2D eigenvalue weighted by atomic mass is 32.2. The summed E-state index contributed by atoms with van der Waals surface area (Å²) in [4.78, 5) is 13.4. The second kappa shape index (κ2) is 8.06. The maximum absolute atomic E-state index is 12.4.